The Morgan fingerprint density at radius 1 is 1.00 bits per heavy atom. The summed E-state index contributed by atoms with van der Waals surface area (Å²) in [5.41, 5.74) is 10.3. The summed E-state index contributed by atoms with van der Waals surface area (Å²) in [4.78, 5) is 67.3. The number of hydrogen-bond donors (Lipinski definition) is 7. The van der Waals surface area contributed by atoms with Gasteiger partial charge in [-0.2, -0.15) is 0 Å². The first-order chi connectivity index (χ1) is 12.4. The number of rotatable bonds is 12. The van der Waals surface area contributed by atoms with Crippen LogP contribution in [0.1, 0.15) is 26.2 Å². The maximum absolute atomic E-state index is 11.8. The van der Waals surface area contributed by atoms with Gasteiger partial charge in [0.25, 0.3) is 0 Å². The lowest BCUT2D eigenvalue weighted by molar-refractivity contribution is -0.142. The molecule has 3 unspecified atom stereocenters. The molecule has 0 fully saturated rings. The Labute approximate surface area is 153 Å². The first-order valence-corrected chi connectivity index (χ1v) is 7.80. The quantitative estimate of drug-likeness (QED) is 0.173. The molecule has 0 aliphatic carbocycles. The van der Waals surface area contributed by atoms with Crippen LogP contribution in [-0.4, -0.2) is 70.5 Å². The van der Waals surface area contributed by atoms with Crippen LogP contribution in [0.2, 0.25) is 0 Å². The predicted octanol–water partition coefficient (Wildman–Crippen LogP) is -3.76. The molecule has 0 aromatic heterocycles. The van der Waals surface area contributed by atoms with Gasteiger partial charge in [-0.05, 0) is 13.3 Å². The maximum atomic E-state index is 11.8. The minimum absolute atomic E-state index is 0.210. The molecule has 27 heavy (non-hydrogen) atoms. The number of carboxylic acids is 2. The van der Waals surface area contributed by atoms with Crippen LogP contribution in [0.25, 0.3) is 0 Å². The third-order valence-electron chi connectivity index (χ3n) is 3.22. The van der Waals surface area contributed by atoms with Crippen molar-refractivity contribution < 1.29 is 39.0 Å². The van der Waals surface area contributed by atoms with Crippen molar-refractivity contribution in [2.45, 2.75) is 44.3 Å². The molecule has 13 heteroatoms. The summed E-state index contributed by atoms with van der Waals surface area (Å²) in [6.45, 7) is 0.701. The number of nitrogens with two attached hydrogens (primary N) is 2. The number of carbonyl (C=O) groups is 6. The number of amides is 4. The highest BCUT2D eigenvalue weighted by atomic mass is 16.4. The Morgan fingerprint density at radius 3 is 2.07 bits per heavy atom. The normalized spacial score (nSPS) is 13.6. The Bertz CT molecular complexity index is 608. The van der Waals surface area contributed by atoms with Gasteiger partial charge in [0.05, 0.1) is 19.0 Å². The van der Waals surface area contributed by atoms with Crippen LogP contribution >= 0.6 is 0 Å². The molecule has 0 radical (unpaired) electrons. The zero-order valence-electron chi connectivity index (χ0n) is 14.6. The highest BCUT2D eigenvalue weighted by Gasteiger charge is 2.23. The van der Waals surface area contributed by atoms with Gasteiger partial charge >= 0.3 is 11.9 Å². The van der Waals surface area contributed by atoms with Crippen molar-refractivity contribution >= 4 is 35.6 Å². The third kappa shape index (κ3) is 10.4. The van der Waals surface area contributed by atoms with Crippen molar-refractivity contribution in [2.24, 2.45) is 11.5 Å². The maximum Gasteiger partial charge on any atom is 0.326 e. The van der Waals surface area contributed by atoms with E-state index in [9.17, 15) is 28.8 Å². The fraction of sp³-hybridized carbons (Fsp3) is 0.571. The number of carboxylic acid groups (broad SMARTS) is 2. The average Bonchev–Trinajstić information content (AvgIpc) is 2.54. The van der Waals surface area contributed by atoms with Crippen LogP contribution in [0.4, 0.5) is 0 Å². The molecule has 0 aromatic carbocycles. The second-order valence-electron chi connectivity index (χ2n) is 5.62. The van der Waals surface area contributed by atoms with Crippen molar-refractivity contribution in [1.29, 1.82) is 0 Å². The second kappa shape index (κ2) is 11.4. The summed E-state index contributed by atoms with van der Waals surface area (Å²) >= 11 is 0. The van der Waals surface area contributed by atoms with E-state index in [4.69, 9.17) is 21.7 Å². The van der Waals surface area contributed by atoms with Gasteiger partial charge < -0.3 is 37.6 Å². The Hall–Kier alpha value is -3.22. The molecule has 9 N–H and O–H groups in total. The molecule has 0 saturated heterocycles. The Morgan fingerprint density at radius 2 is 1.59 bits per heavy atom. The fourth-order valence-electron chi connectivity index (χ4n) is 1.78. The van der Waals surface area contributed by atoms with Crippen LogP contribution in [-0.2, 0) is 28.8 Å². The summed E-state index contributed by atoms with van der Waals surface area (Å²) in [6.07, 6.45) is -1.08. The summed E-state index contributed by atoms with van der Waals surface area (Å²) in [5.74, 6) is -5.84. The van der Waals surface area contributed by atoms with Gasteiger partial charge in [0.1, 0.15) is 12.1 Å². The fourth-order valence-corrected chi connectivity index (χ4v) is 1.78. The van der Waals surface area contributed by atoms with Crippen LogP contribution in [0.5, 0.6) is 0 Å². The van der Waals surface area contributed by atoms with Gasteiger partial charge in [0.2, 0.25) is 23.6 Å². The van der Waals surface area contributed by atoms with Crippen LogP contribution in [0.15, 0.2) is 0 Å². The van der Waals surface area contributed by atoms with Crippen molar-refractivity contribution in [3.05, 3.63) is 0 Å². The molecular weight excluding hydrogens is 366 g/mol. The van der Waals surface area contributed by atoms with E-state index in [0.29, 0.717) is 0 Å². The van der Waals surface area contributed by atoms with Crippen LogP contribution in [0, 0.1) is 0 Å². The molecule has 0 saturated carbocycles. The van der Waals surface area contributed by atoms with E-state index >= 15 is 0 Å². The van der Waals surface area contributed by atoms with E-state index < -0.39 is 66.7 Å². The van der Waals surface area contributed by atoms with Gasteiger partial charge in [0, 0.05) is 6.42 Å². The summed E-state index contributed by atoms with van der Waals surface area (Å²) in [5, 5.41) is 24.0. The summed E-state index contributed by atoms with van der Waals surface area (Å²) < 4.78 is 0. The average molecular weight is 389 g/mol. The molecule has 4 amide bonds. The number of nitrogens with one attached hydrogen (secondary N) is 3. The Balaban J connectivity index is 4.43. The molecule has 0 aromatic rings. The van der Waals surface area contributed by atoms with Gasteiger partial charge in [-0.1, -0.05) is 0 Å². The second-order valence-corrected chi connectivity index (χ2v) is 5.62. The monoisotopic (exact) mass is 389 g/mol. The van der Waals surface area contributed by atoms with E-state index in [1.807, 2.05) is 0 Å². The van der Waals surface area contributed by atoms with Crippen molar-refractivity contribution in [2.75, 3.05) is 6.54 Å². The van der Waals surface area contributed by atoms with Crippen LogP contribution < -0.4 is 27.4 Å². The first-order valence-electron chi connectivity index (χ1n) is 7.80. The summed E-state index contributed by atoms with van der Waals surface area (Å²) in [6, 6.07) is -3.81. The molecule has 152 valence electrons. The van der Waals surface area contributed by atoms with Crippen molar-refractivity contribution in [1.82, 2.24) is 16.0 Å². The zero-order valence-corrected chi connectivity index (χ0v) is 14.6. The molecule has 0 heterocycles. The number of aliphatic carboxylic acids is 2. The van der Waals surface area contributed by atoms with Crippen molar-refractivity contribution in [3.8, 4) is 0 Å². The molecule has 0 aliphatic rings. The molecule has 3 atom stereocenters. The predicted molar refractivity (Wildman–Crippen MR) is 88.8 cm³/mol. The largest absolute Gasteiger partial charge is 0.481 e. The van der Waals surface area contributed by atoms with E-state index in [1.54, 1.807) is 0 Å². The molecule has 0 aliphatic heterocycles. The van der Waals surface area contributed by atoms with Gasteiger partial charge in [-0.15, -0.1) is 0 Å². The smallest absolute Gasteiger partial charge is 0.326 e. The highest BCUT2D eigenvalue weighted by molar-refractivity contribution is 5.93. The molecular formula is C14H23N5O8. The lowest BCUT2D eigenvalue weighted by Crippen LogP contribution is -2.52. The summed E-state index contributed by atoms with van der Waals surface area (Å²) in [7, 11) is 0. The van der Waals surface area contributed by atoms with Gasteiger partial charge in [0.15, 0.2) is 0 Å². The Kier molecular flexibility index (Phi) is 10.0. The van der Waals surface area contributed by atoms with Crippen molar-refractivity contribution in [3.63, 3.8) is 0 Å². The first kappa shape index (κ1) is 23.8. The van der Waals surface area contributed by atoms with Crippen LogP contribution in [0.3, 0.4) is 0 Å². The van der Waals surface area contributed by atoms with Gasteiger partial charge in [-0.3, -0.25) is 24.0 Å². The molecule has 0 bridgehead atoms. The minimum atomic E-state index is -1.37. The highest BCUT2D eigenvalue weighted by Crippen LogP contribution is 1.97. The van der Waals surface area contributed by atoms with E-state index in [-0.39, 0.29) is 12.8 Å². The van der Waals surface area contributed by atoms with Gasteiger partial charge in [-0.25, -0.2) is 4.79 Å². The van der Waals surface area contributed by atoms with E-state index in [2.05, 4.69) is 16.0 Å². The molecule has 13 nitrogen and oxygen atoms in total. The zero-order chi connectivity index (χ0) is 21.1. The number of hydrogen-bond acceptors (Lipinski definition) is 7. The topological polar surface area (TPSA) is 231 Å². The lowest BCUT2D eigenvalue weighted by atomic mass is 10.1. The SMILES string of the molecule is CC(NC(=O)C(N)CC(=O)O)C(=O)NCC(=O)NC(CCC(N)=O)C(=O)O. The molecule has 0 rings (SSSR count). The minimum Gasteiger partial charge on any atom is -0.481 e. The number of carbonyl (C=O) groups excluding carboxylic acids is 4. The third-order valence-corrected chi connectivity index (χ3v) is 3.22. The number of primary amides is 1. The lowest BCUT2D eigenvalue weighted by Gasteiger charge is -2.17. The standard InChI is InChI=1S/C14H23N5O8/c1-6(18-13(25)7(15)4-11(22)23)12(24)17-5-10(21)19-8(14(26)27)2-3-9(16)20/h6-8H,2-5,15H2,1H3,(H2,16,20)(H,17,24)(H,18,25)(H,19,21)(H,22,23)(H,26,27). The van der Waals surface area contributed by atoms with E-state index in [0.717, 1.165) is 0 Å². The molecule has 0 spiro atoms. The van der Waals surface area contributed by atoms with E-state index in [1.165, 1.54) is 6.92 Å².